The summed E-state index contributed by atoms with van der Waals surface area (Å²) in [6.07, 6.45) is 4.15. The molecule has 4 rings (SSSR count). The molecule has 9 nitrogen and oxygen atoms in total. The van der Waals surface area contributed by atoms with E-state index in [9.17, 15) is 18.0 Å². The van der Waals surface area contributed by atoms with Gasteiger partial charge in [0.2, 0.25) is 15.9 Å². The lowest BCUT2D eigenvalue weighted by atomic mass is 9.70. The number of sulfonamides is 1. The Morgan fingerprint density at radius 2 is 2.06 bits per heavy atom. The van der Waals surface area contributed by atoms with E-state index in [4.69, 9.17) is 4.52 Å². The van der Waals surface area contributed by atoms with Crippen molar-refractivity contribution in [3.8, 4) is 0 Å². The Hall–Kier alpha value is -1.78. The molecule has 10 heteroatoms. The van der Waals surface area contributed by atoms with Crippen LogP contribution in [0.15, 0.2) is 10.6 Å². The third kappa shape index (κ3) is 4.24. The summed E-state index contributed by atoms with van der Waals surface area (Å²) in [5.41, 5.74) is -1.21. The second kappa shape index (κ2) is 8.53. The van der Waals surface area contributed by atoms with Crippen LogP contribution in [-0.4, -0.2) is 72.9 Å². The molecule has 3 fully saturated rings. The van der Waals surface area contributed by atoms with Gasteiger partial charge in [-0.2, -0.15) is 4.31 Å². The zero-order chi connectivity index (χ0) is 23.1. The topological polar surface area (TPSA) is 113 Å². The second-order valence-corrected chi connectivity index (χ2v) is 12.1. The van der Waals surface area contributed by atoms with Crippen molar-refractivity contribution >= 4 is 27.5 Å². The van der Waals surface area contributed by atoms with Crippen LogP contribution in [0.5, 0.6) is 0 Å². The Bertz CT molecular complexity index is 982. The fraction of sp³-hybridized carbons (Fsp3) is 0.773. The van der Waals surface area contributed by atoms with Gasteiger partial charge < -0.3 is 14.7 Å². The van der Waals surface area contributed by atoms with E-state index in [0.717, 1.165) is 32.4 Å². The van der Waals surface area contributed by atoms with Crippen LogP contribution in [0.25, 0.3) is 0 Å². The molecule has 1 saturated heterocycles. The number of aromatic nitrogens is 1. The van der Waals surface area contributed by atoms with E-state index < -0.39 is 21.3 Å². The Balaban J connectivity index is 1.52. The predicted octanol–water partition coefficient (Wildman–Crippen LogP) is 2.04. The van der Waals surface area contributed by atoms with E-state index in [0.29, 0.717) is 25.1 Å². The molecule has 1 amide bonds. The summed E-state index contributed by atoms with van der Waals surface area (Å²) in [7, 11) is -3.85. The van der Waals surface area contributed by atoms with Crippen molar-refractivity contribution in [2.24, 2.45) is 16.7 Å². The molecule has 3 aliphatic rings. The number of anilines is 1. The number of Topliss-reactive ketones (excluding diaryl/α,β-unsaturated/α-hetero) is 1. The zero-order valence-corrected chi connectivity index (χ0v) is 20.0. The van der Waals surface area contributed by atoms with Gasteiger partial charge in [0, 0.05) is 31.0 Å². The van der Waals surface area contributed by atoms with Gasteiger partial charge in [-0.1, -0.05) is 19.0 Å². The maximum atomic E-state index is 13.6. The van der Waals surface area contributed by atoms with Crippen molar-refractivity contribution in [1.82, 2.24) is 14.4 Å². The number of nitrogens with one attached hydrogen (secondary N) is 1. The molecule has 2 unspecified atom stereocenters. The first-order valence-corrected chi connectivity index (χ1v) is 13.1. The Kier molecular flexibility index (Phi) is 6.23. The summed E-state index contributed by atoms with van der Waals surface area (Å²) < 4.78 is 33.5. The molecule has 1 aliphatic heterocycles. The number of amides is 1. The predicted molar refractivity (Wildman–Crippen MR) is 119 cm³/mol. The van der Waals surface area contributed by atoms with E-state index in [1.54, 1.807) is 13.0 Å². The van der Waals surface area contributed by atoms with Gasteiger partial charge in [0.05, 0.1) is 12.3 Å². The summed E-state index contributed by atoms with van der Waals surface area (Å²) in [5.74, 6) is 0.413. The molecule has 178 valence electrons. The van der Waals surface area contributed by atoms with E-state index in [-0.39, 0.29) is 41.8 Å². The number of ketones is 1. The van der Waals surface area contributed by atoms with Crippen molar-refractivity contribution in [2.45, 2.75) is 52.9 Å². The molecule has 2 bridgehead atoms. The fourth-order valence-electron chi connectivity index (χ4n) is 5.85. The maximum absolute atomic E-state index is 13.6. The first kappa shape index (κ1) is 23.4. The largest absolute Gasteiger partial charge is 0.360 e. The normalized spacial score (nSPS) is 27.5. The highest BCUT2D eigenvalue weighted by molar-refractivity contribution is 7.89. The lowest BCUT2D eigenvalue weighted by Crippen LogP contribution is -2.49. The van der Waals surface area contributed by atoms with Gasteiger partial charge in [-0.25, -0.2) is 8.42 Å². The number of carbonyl (C=O) groups is 2. The minimum atomic E-state index is -3.85. The quantitative estimate of drug-likeness (QED) is 0.592. The van der Waals surface area contributed by atoms with Gasteiger partial charge in [-0.15, -0.1) is 0 Å². The van der Waals surface area contributed by atoms with Gasteiger partial charge in [0.25, 0.3) is 0 Å². The fourth-order valence-corrected chi connectivity index (χ4v) is 8.01. The molecule has 2 saturated carbocycles. The highest BCUT2D eigenvalue weighted by Gasteiger charge is 2.65. The van der Waals surface area contributed by atoms with Crippen LogP contribution in [0.3, 0.4) is 0 Å². The summed E-state index contributed by atoms with van der Waals surface area (Å²) in [5, 5.41) is 6.36. The van der Waals surface area contributed by atoms with Gasteiger partial charge in [0.15, 0.2) is 5.82 Å². The van der Waals surface area contributed by atoms with Crippen molar-refractivity contribution in [1.29, 1.82) is 0 Å². The molecule has 0 aromatic carbocycles. The lowest BCUT2D eigenvalue weighted by Gasteiger charge is -2.37. The number of rotatable bonds is 9. The van der Waals surface area contributed by atoms with Crippen molar-refractivity contribution in [2.75, 3.05) is 43.8 Å². The van der Waals surface area contributed by atoms with Crippen molar-refractivity contribution < 1.29 is 22.5 Å². The van der Waals surface area contributed by atoms with Gasteiger partial charge in [0.1, 0.15) is 11.5 Å². The number of aryl methyl sites for hydroxylation is 1. The Labute approximate surface area is 189 Å². The monoisotopic (exact) mass is 466 g/mol. The number of fused-ring (bicyclic) bond motifs is 2. The average Bonchev–Trinajstić information content (AvgIpc) is 3.45. The SMILES string of the molecule is Cc1cc(NC(=O)CN(CCN2CCCC2)S(=O)(=O)CC23CCC(CC2=O)C3(C)C)no1. The number of hydrogen-bond acceptors (Lipinski definition) is 7. The van der Waals surface area contributed by atoms with Crippen molar-refractivity contribution in [3.63, 3.8) is 0 Å². The van der Waals surface area contributed by atoms with Crippen LogP contribution < -0.4 is 5.32 Å². The Morgan fingerprint density at radius 1 is 1.34 bits per heavy atom. The lowest BCUT2D eigenvalue weighted by molar-refractivity contribution is -0.128. The molecule has 1 aromatic heterocycles. The maximum Gasteiger partial charge on any atom is 0.240 e. The van der Waals surface area contributed by atoms with Crippen LogP contribution in [0, 0.1) is 23.7 Å². The van der Waals surface area contributed by atoms with E-state index in [1.165, 1.54) is 4.31 Å². The molecule has 2 heterocycles. The van der Waals surface area contributed by atoms with Gasteiger partial charge in [-0.3, -0.25) is 9.59 Å². The first-order valence-electron chi connectivity index (χ1n) is 11.5. The molecular weight excluding hydrogens is 432 g/mol. The highest BCUT2D eigenvalue weighted by Crippen LogP contribution is 2.64. The number of likely N-dealkylation sites (tertiary alicyclic amines) is 1. The first-order chi connectivity index (χ1) is 15.0. The van der Waals surface area contributed by atoms with Crippen LogP contribution >= 0.6 is 0 Å². The molecule has 2 atom stereocenters. The second-order valence-electron chi connectivity index (χ2n) is 10.2. The molecule has 0 radical (unpaired) electrons. The average molecular weight is 467 g/mol. The summed E-state index contributed by atoms with van der Waals surface area (Å²) in [6, 6.07) is 1.58. The molecule has 1 N–H and O–H groups in total. The third-order valence-corrected chi connectivity index (χ3v) is 10.00. The van der Waals surface area contributed by atoms with Gasteiger partial charge in [-0.05, 0) is 57.0 Å². The van der Waals surface area contributed by atoms with E-state index >= 15 is 0 Å². The summed E-state index contributed by atoms with van der Waals surface area (Å²) >= 11 is 0. The smallest absolute Gasteiger partial charge is 0.240 e. The standard InChI is InChI=1S/C22H34N4O5S/c1-16-12-19(24-31-16)23-20(28)14-26(11-10-25-8-4-5-9-25)32(29,30)15-22-7-6-17(13-18(22)27)21(22,2)3/h12,17H,4-11,13-15H2,1-3H3,(H,23,24,28). The molecule has 32 heavy (non-hydrogen) atoms. The van der Waals surface area contributed by atoms with Crippen molar-refractivity contribution in [3.05, 3.63) is 11.8 Å². The molecular formula is C22H34N4O5S. The molecule has 0 spiro atoms. The zero-order valence-electron chi connectivity index (χ0n) is 19.2. The minimum absolute atomic E-state index is 0.0596. The van der Waals surface area contributed by atoms with Crippen LogP contribution in [0.2, 0.25) is 0 Å². The van der Waals surface area contributed by atoms with Crippen LogP contribution in [-0.2, 0) is 19.6 Å². The highest BCUT2D eigenvalue weighted by atomic mass is 32.2. The van der Waals surface area contributed by atoms with Crippen LogP contribution in [0.4, 0.5) is 5.82 Å². The van der Waals surface area contributed by atoms with Gasteiger partial charge >= 0.3 is 0 Å². The van der Waals surface area contributed by atoms with Crippen LogP contribution in [0.1, 0.15) is 51.7 Å². The Morgan fingerprint density at radius 3 is 2.62 bits per heavy atom. The number of hydrogen-bond donors (Lipinski definition) is 1. The van der Waals surface area contributed by atoms with E-state index in [2.05, 4.69) is 15.4 Å². The van der Waals surface area contributed by atoms with E-state index in [1.807, 2.05) is 13.8 Å². The number of carbonyl (C=O) groups excluding carboxylic acids is 2. The molecule has 2 aliphatic carbocycles. The third-order valence-electron chi connectivity index (χ3n) is 8.04. The molecule has 1 aromatic rings. The minimum Gasteiger partial charge on any atom is -0.360 e. The summed E-state index contributed by atoms with van der Waals surface area (Å²) in [6.45, 7) is 8.13. The summed E-state index contributed by atoms with van der Waals surface area (Å²) in [4.78, 5) is 27.8. The number of nitrogens with zero attached hydrogens (tertiary/aromatic N) is 3.